The molecule has 2 aromatic carbocycles. The van der Waals surface area contributed by atoms with Crippen molar-refractivity contribution in [2.75, 3.05) is 11.1 Å². The number of carbonyl (C=O) groups excluding carboxylic acids is 1. The van der Waals surface area contributed by atoms with Gasteiger partial charge in [0, 0.05) is 9.50 Å². The van der Waals surface area contributed by atoms with Gasteiger partial charge in [-0.25, -0.2) is 0 Å². The molecule has 0 aliphatic rings. The SMILES string of the molecule is O=C(CSc1nnnn1-c1ccc(Br)cc1)Nc1ccc(Cl)cc1Cl. The van der Waals surface area contributed by atoms with Gasteiger partial charge in [-0.3, -0.25) is 4.79 Å². The van der Waals surface area contributed by atoms with Gasteiger partial charge in [-0.05, 0) is 52.9 Å². The van der Waals surface area contributed by atoms with Crippen LogP contribution in [0.2, 0.25) is 10.0 Å². The highest BCUT2D eigenvalue weighted by Gasteiger charge is 2.12. The lowest BCUT2D eigenvalue weighted by atomic mass is 10.3. The van der Waals surface area contributed by atoms with Crippen molar-refractivity contribution < 1.29 is 4.79 Å². The summed E-state index contributed by atoms with van der Waals surface area (Å²) in [5.41, 5.74) is 1.31. The smallest absolute Gasteiger partial charge is 0.234 e. The van der Waals surface area contributed by atoms with E-state index in [1.165, 1.54) is 11.8 Å². The lowest BCUT2D eigenvalue weighted by molar-refractivity contribution is -0.113. The van der Waals surface area contributed by atoms with E-state index in [1.54, 1.807) is 22.9 Å². The summed E-state index contributed by atoms with van der Waals surface area (Å²) in [5.74, 6) is -0.0878. The first kappa shape index (κ1) is 18.2. The van der Waals surface area contributed by atoms with Gasteiger partial charge in [-0.1, -0.05) is 50.9 Å². The second-order valence-electron chi connectivity index (χ2n) is 4.81. The lowest BCUT2D eigenvalue weighted by Gasteiger charge is -2.07. The molecular weight excluding hydrogens is 449 g/mol. The third kappa shape index (κ3) is 4.72. The average molecular weight is 459 g/mol. The molecule has 0 bridgehead atoms. The van der Waals surface area contributed by atoms with Gasteiger partial charge < -0.3 is 5.32 Å². The number of carbonyl (C=O) groups is 1. The van der Waals surface area contributed by atoms with Gasteiger partial charge in [-0.2, -0.15) is 4.68 Å². The van der Waals surface area contributed by atoms with Crippen LogP contribution < -0.4 is 5.32 Å². The molecule has 0 aliphatic heterocycles. The Morgan fingerprint density at radius 2 is 1.96 bits per heavy atom. The number of aromatic nitrogens is 4. The molecule has 0 unspecified atom stereocenters. The molecule has 1 N–H and O–H groups in total. The van der Waals surface area contributed by atoms with Crippen molar-refractivity contribution in [1.82, 2.24) is 20.2 Å². The van der Waals surface area contributed by atoms with Crippen LogP contribution >= 0.6 is 50.9 Å². The topological polar surface area (TPSA) is 72.7 Å². The number of rotatable bonds is 5. The predicted molar refractivity (Wildman–Crippen MR) is 103 cm³/mol. The van der Waals surface area contributed by atoms with E-state index in [9.17, 15) is 4.79 Å². The first-order valence-corrected chi connectivity index (χ1v) is 9.48. The molecule has 25 heavy (non-hydrogen) atoms. The van der Waals surface area contributed by atoms with E-state index in [4.69, 9.17) is 23.2 Å². The van der Waals surface area contributed by atoms with Gasteiger partial charge in [0.15, 0.2) is 0 Å². The minimum Gasteiger partial charge on any atom is -0.324 e. The number of hydrogen-bond acceptors (Lipinski definition) is 5. The van der Waals surface area contributed by atoms with Crippen molar-refractivity contribution in [3.63, 3.8) is 0 Å². The first-order valence-electron chi connectivity index (χ1n) is 6.95. The molecule has 1 amide bonds. The Labute approximate surface area is 166 Å². The number of anilines is 1. The van der Waals surface area contributed by atoms with Crippen LogP contribution in [0.15, 0.2) is 52.1 Å². The summed E-state index contributed by atoms with van der Waals surface area (Å²) >= 11 is 16.5. The molecule has 1 aromatic heterocycles. The second-order valence-corrected chi connectivity index (χ2v) is 7.51. The van der Waals surface area contributed by atoms with Crippen LogP contribution in [0.5, 0.6) is 0 Å². The van der Waals surface area contributed by atoms with E-state index in [0.29, 0.717) is 20.9 Å². The molecule has 0 saturated heterocycles. The summed E-state index contributed by atoms with van der Waals surface area (Å²) in [6, 6.07) is 12.4. The fourth-order valence-electron chi connectivity index (χ4n) is 1.92. The molecular formula is C15H10BrCl2N5OS. The van der Waals surface area contributed by atoms with Gasteiger partial charge >= 0.3 is 0 Å². The van der Waals surface area contributed by atoms with Crippen molar-refractivity contribution in [2.24, 2.45) is 0 Å². The van der Waals surface area contributed by atoms with Crippen molar-refractivity contribution >= 4 is 62.5 Å². The molecule has 3 aromatic rings. The zero-order valence-corrected chi connectivity index (χ0v) is 16.4. The van der Waals surface area contributed by atoms with Crippen LogP contribution in [0, 0.1) is 0 Å². The zero-order valence-electron chi connectivity index (χ0n) is 12.5. The van der Waals surface area contributed by atoms with Crippen molar-refractivity contribution in [1.29, 1.82) is 0 Å². The van der Waals surface area contributed by atoms with Crippen LogP contribution in [0.25, 0.3) is 5.69 Å². The van der Waals surface area contributed by atoms with E-state index in [1.807, 2.05) is 24.3 Å². The maximum absolute atomic E-state index is 12.1. The third-order valence-corrected chi connectivity index (χ3v) is 5.05. The van der Waals surface area contributed by atoms with E-state index in [0.717, 1.165) is 10.2 Å². The van der Waals surface area contributed by atoms with Crippen LogP contribution in [0.1, 0.15) is 0 Å². The lowest BCUT2D eigenvalue weighted by Crippen LogP contribution is -2.15. The Hall–Kier alpha value is -1.61. The number of amides is 1. The number of tetrazole rings is 1. The molecule has 0 spiro atoms. The largest absolute Gasteiger partial charge is 0.324 e. The predicted octanol–water partition coefficient (Wildman–Crippen LogP) is 4.46. The summed E-state index contributed by atoms with van der Waals surface area (Å²) in [6.45, 7) is 0. The molecule has 0 saturated carbocycles. The molecule has 0 atom stereocenters. The number of benzene rings is 2. The van der Waals surface area contributed by atoms with Crippen LogP contribution in [0.3, 0.4) is 0 Å². The highest BCUT2D eigenvalue weighted by molar-refractivity contribution is 9.10. The monoisotopic (exact) mass is 457 g/mol. The van der Waals surface area contributed by atoms with E-state index in [-0.39, 0.29) is 11.7 Å². The Bertz CT molecular complexity index is 903. The number of hydrogen-bond donors (Lipinski definition) is 1. The molecule has 10 heteroatoms. The molecule has 1 heterocycles. The van der Waals surface area contributed by atoms with Crippen molar-refractivity contribution in [2.45, 2.75) is 5.16 Å². The standard InChI is InChI=1S/C15H10BrCl2N5OS/c16-9-1-4-11(5-2-9)23-15(20-21-22-23)25-8-14(24)19-13-6-3-10(17)7-12(13)18/h1-7H,8H2,(H,19,24). The molecule has 0 fully saturated rings. The summed E-state index contributed by atoms with van der Waals surface area (Å²) in [5, 5.41) is 15.7. The first-order chi connectivity index (χ1) is 12.0. The highest BCUT2D eigenvalue weighted by Crippen LogP contribution is 2.26. The number of halogens is 3. The Balaban J connectivity index is 1.65. The molecule has 0 aliphatic carbocycles. The fourth-order valence-corrected chi connectivity index (χ4v) is 3.33. The Morgan fingerprint density at radius 1 is 1.20 bits per heavy atom. The Kier molecular flexibility index (Phi) is 5.95. The number of thioether (sulfide) groups is 1. The minimum atomic E-state index is -0.223. The van der Waals surface area contributed by atoms with Crippen LogP contribution in [-0.2, 0) is 4.79 Å². The van der Waals surface area contributed by atoms with E-state index in [2.05, 4.69) is 36.8 Å². The molecule has 128 valence electrons. The quantitative estimate of drug-likeness (QED) is 0.571. The Morgan fingerprint density at radius 3 is 2.68 bits per heavy atom. The number of nitrogens with zero attached hydrogens (tertiary/aromatic N) is 4. The van der Waals surface area contributed by atoms with Crippen LogP contribution in [0.4, 0.5) is 5.69 Å². The molecule has 3 rings (SSSR count). The maximum atomic E-state index is 12.1. The average Bonchev–Trinajstić information content (AvgIpc) is 3.05. The molecule has 6 nitrogen and oxygen atoms in total. The van der Waals surface area contributed by atoms with Crippen LogP contribution in [-0.4, -0.2) is 31.9 Å². The van der Waals surface area contributed by atoms with Gasteiger partial charge in [0.2, 0.25) is 11.1 Å². The second kappa shape index (κ2) is 8.18. The summed E-state index contributed by atoms with van der Waals surface area (Å²) < 4.78 is 2.53. The van der Waals surface area contributed by atoms with E-state index >= 15 is 0 Å². The van der Waals surface area contributed by atoms with Gasteiger partial charge in [0.1, 0.15) is 0 Å². The normalized spacial score (nSPS) is 10.7. The third-order valence-electron chi connectivity index (χ3n) is 3.05. The van der Waals surface area contributed by atoms with Crippen molar-refractivity contribution in [3.8, 4) is 5.69 Å². The van der Waals surface area contributed by atoms with E-state index < -0.39 is 0 Å². The highest BCUT2D eigenvalue weighted by atomic mass is 79.9. The number of nitrogens with one attached hydrogen (secondary N) is 1. The van der Waals surface area contributed by atoms with Gasteiger partial charge in [-0.15, -0.1) is 5.10 Å². The minimum absolute atomic E-state index is 0.135. The summed E-state index contributed by atoms with van der Waals surface area (Å²) in [7, 11) is 0. The summed E-state index contributed by atoms with van der Waals surface area (Å²) in [6.07, 6.45) is 0. The van der Waals surface area contributed by atoms with Gasteiger partial charge in [0.05, 0.1) is 22.2 Å². The van der Waals surface area contributed by atoms with Gasteiger partial charge in [0.25, 0.3) is 0 Å². The van der Waals surface area contributed by atoms with Crippen molar-refractivity contribution in [3.05, 3.63) is 57.0 Å². The summed E-state index contributed by atoms with van der Waals surface area (Å²) in [4.78, 5) is 12.1. The fraction of sp³-hybridized carbons (Fsp3) is 0.0667. The zero-order chi connectivity index (χ0) is 17.8. The molecule has 0 radical (unpaired) electrons. The maximum Gasteiger partial charge on any atom is 0.234 e.